The van der Waals surface area contributed by atoms with Gasteiger partial charge in [-0.15, -0.1) is 0 Å². The molecule has 0 saturated heterocycles. The fourth-order valence-electron chi connectivity index (χ4n) is 0. The van der Waals surface area contributed by atoms with Crippen LogP contribution in [-0.2, 0) is 0 Å². The van der Waals surface area contributed by atoms with Gasteiger partial charge in [0.25, 0.3) is 0 Å². The Labute approximate surface area is 88.2 Å². The maximum absolute atomic E-state index is 8.25. The Balaban J connectivity index is -0.0000000183. The molecule has 0 heterocycles. The van der Waals surface area contributed by atoms with E-state index in [-0.39, 0.29) is 35.5 Å². The molecule has 8 heavy (non-hydrogen) atoms. The zero-order chi connectivity index (χ0) is 5.58. The zero-order valence-corrected chi connectivity index (χ0v) is 9.80. The molecule has 1 nitrogen and oxygen atoms in total. The second-order valence-electron chi connectivity index (χ2n) is 0.247. The van der Waals surface area contributed by atoms with E-state index in [0.717, 1.165) is 7.11 Å². The fraction of sp³-hybridized carbons (Fsp3) is 1.00. The zero-order valence-electron chi connectivity index (χ0n) is 4.20. The van der Waals surface area contributed by atoms with E-state index < -0.39 is 11.4 Å². The molecule has 0 radical (unpaired) electrons. The van der Waals surface area contributed by atoms with Gasteiger partial charge in [-0.1, -0.05) is 0 Å². The normalized spacial score (nSPS) is 4.12. The van der Waals surface area contributed by atoms with E-state index in [2.05, 4.69) is 0 Å². The van der Waals surface area contributed by atoms with Crippen molar-refractivity contribution < 1.29 is 17.5 Å². The molecule has 0 aliphatic heterocycles. The predicted molar refractivity (Wildman–Crippen MR) is 35.0 cm³/mol. The van der Waals surface area contributed by atoms with Gasteiger partial charge in [-0.2, -0.15) is 7.11 Å². The minimum atomic E-state index is -1.72. The minimum Gasteiger partial charge on any atom is -1.00 e. The van der Waals surface area contributed by atoms with E-state index in [9.17, 15) is 0 Å². The molecular formula is CH3AlCl4MgO. The van der Waals surface area contributed by atoms with Crippen LogP contribution < -0.4 is 17.5 Å². The SMILES string of the molecule is C[O-].[Cl-].[Cl][Al]([Cl])[Cl].[Mg+2]. The smallest absolute Gasteiger partial charge is 1.00 e. The van der Waals surface area contributed by atoms with Crippen LogP contribution in [0.5, 0.6) is 0 Å². The van der Waals surface area contributed by atoms with E-state index in [0.29, 0.717) is 0 Å². The van der Waals surface area contributed by atoms with Gasteiger partial charge in [0.2, 0.25) is 0 Å². The van der Waals surface area contributed by atoms with Gasteiger partial charge in [-0.3, -0.25) is 0 Å². The fourth-order valence-corrected chi connectivity index (χ4v) is 0. The van der Waals surface area contributed by atoms with Crippen LogP contribution in [0.4, 0.5) is 0 Å². The summed E-state index contributed by atoms with van der Waals surface area (Å²) in [6.07, 6.45) is 0. The minimum absolute atomic E-state index is 0. The molecule has 0 bridgehead atoms. The van der Waals surface area contributed by atoms with Crippen LogP contribution >= 0.6 is 30.1 Å². The van der Waals surface area contributed by atoms with Gasteiger partial charge >= 0.3 is 34.4 Å². The molecule has 0 unspecified atom stereocenters. The summed E-state index contributed by atoms with van der Waals surface area (Å²) in [6, 6.07) is 0. The van der Waals surface area contributed by atoms with Crippen LogP contribution in [0.15, 0.2) is 0 Å². The van der Waals surface area contributed by atoms with E-state index in [1.54, 1.807) is 0 Å². The third-order valence-electron chi connectivity index (χ3n) is 0. The summed E-state index contributed by atoms with van der Waals surface area (Å²) in [5, 5.41) is 8.25. The third kappa shape index (κ3) is 79.2. The van der Waals surface area contributed by atoms with Crippen LogP contribution in [0.3, 0.4) is 0 Å². The van der Waals surface area contributed by atoms with Crippen molar-refractivity contribution >= 4 is 64.6 Å². The summed E-state index contributed by atoms with van der Waals surface area (Å²) < 4.78 is 0. The van der Waals surface area contributed by atoms with Gasteiger partial charge in [0.05, 0.1) is 0 Å². The molecule has 7 heteroatoms. The first-order valence-corrected chi connectivity index (χ1v) is 6.30. The van der Waals surface area contributed by atoms with Gasteiger partial charge in [0.15, 0.2) is 0 Å². The summed E-state index contributed by atoms with van der Waals surface area (Å²) in [4.78, 5) is 0. The molecule has 0 amide bonds. The van der Waals surface area contributed by atoms with Crippen molar-refractivity contribution in [2.75, 3.05) is 7.11 Å². The maximum atomic E-state index is 8.25. The van der Waals surface area contributed by atoms with Crippen molar-refractivity contribution in [3.05, 3.63) is 0 Å². The second kappa shape index (κ2) is 22.7. The van der Waals surface area contributed by atoms with Gasteiger partial charge in [0, 0.05) is 0 Å². The van der Waals surface area contributed by atoms with Crippen molar-refractivity contribution in [2.45, 2.75) is 0 Å². The summed E-state index contributed by atoms with van der Waals surface area (Å²) in [6.45, 7) is 0. The van der Waals surface area contributed by atoms with Crippen molar-refractivity contribution in [1.29, 1.82) is 0 Å². The van der Waals surface area contributed by atoms with Gasteiger partial charge in [-0.25, -0.2) is 30.1 Å². The molecule has 0 saturated carbocycles. The largest absolute Gasteiger partial charge is 2.00 e. The summed E-state index contributed by atoms with van der Waals surface area (Å²) in [5.74, 6) is 0. The van der Waals surface area contributed by atoms with Crippen LogP contribution in [0.1, 0.15) is 0 Å². The quantitative estimate of drug-likeness (QED) is 0.410. The molecule has 0 spiro atoms. The monoisotopic (exact) mass is 222 g/mol. The van der Waals surface area contributed by atoms with Crippen LogP contribution in [0.25, 0.3) is 0 Å². The molecule has 0 atom stereocenters. The number of halogens is 4. The van der Waals surface area contributed by atoms with E-state index in [1.165, 1.54) is 0 Å². The molecule has 0 aromatic rings. The molecule has 0 aliphatic carbocycles. The first kappa shape index (κ1) is 22.4. The van der Waals surface area contributed by atoms with E-state index in [4.69, 9.17) is 35.3 Å². The van der Waals surface area contributed by atoms with Crippen LogP contribution in [-0.4, -0.2) is 41.5 Å². The molecule has 0 rings (SSSR count). The Morgan fingerprint density at radius 2 is 1.12 bits per heavy atom. The number of hydrogen-bond acceptors (Lipinski definition) is 1. The Hall–Kier alpha value is 2.42. The number of hydrogen-bond donors (Lipinski definition) is 0. The van der Waals surface area contributed by atoms with Gasteiger partial charge in [0.1, 0.15) is 0 Å². The van der Waals surface area contributed by atoms with Gasteiger partial charge < -0.3 is 17.5 Å². The van der Waals surface area contributed by atoms with E-state index in [1.807, 2.05) is 0 Å². The average Bonchev–Trinajstić information content (AvgIpc) is 1.41. The van der Waals surface area contributed by atoms with Crippen molar-refractivity contribution in [1.82, 2.24) is 0 Å². The molecule has 0 aromatic carbocycles. The summed E-state index contributed by atoms with van der Waals surface area (Å²) >= 11 is -1.72. The summed E-state index contributed by atoms with van der Waals surface area (Å²) in [7, 11) is 15.6. The second-order valence-corrected chi connectivity index (χ2v) is 6.68. The Morgan fingerprint density at radius 3 is 1.12 bits per heavy atom. The van der Waals surface area contributed by atoms with Crippen molar-refractivity contribution in [2.24, 2.45) is 0 Å². The molecule has 0 N–H and O–H groups in total. The molecule has 0 aliphatic rings. The Kier molecular flexibility index (Phi) is 63.8. The third-order valence-corrected chi connectivity index (χ3v) is 0. The van der Waals surface area contributed by atoms with Crippen LogP contribution in [0.2, 0.25) is 0 Å². The average molecular weight is 224 g/mol. The first-order valence-electron chi connectivity index (χ1n) is 1.06. The summed E-state index contributed by atoms with van der Waals surface area (Å²) in [5.41, 5.74) is 0. The Morgan fingerprint density at radius 1 is 1.12 bits per heavy atom. The maximum Gasteiger partial charge on any atom is 2.00 e. The van der Waals surface area contributed by atoms with Crippen molar-refractivity contribution in [3.8, 4) is 0 Å². The molecular weight excluding hydrogens is 221 g/mol. The predicted octanol–water partition coefficient (Wildman–Crippen LogP) is -2.71. The Bertz CT molecular complexity index is 20.8. The first-order chi connectivity index (χ1) is 2.73. The van der Waals surface area contributed by atoms with Crippen LogP contribution in [0, 0.1) is 0 Å². The standard InChI is InChI=1S/CH3O.Al.4ClH.Mg/c1-2;;;;;;/h1H3;;4*1H;/q-1;+3;;;;;+2/p-4. The van der Waals surface area contributed by atoms with Gasteiger partial charge in [-0.05, 0) is 0 Å². The molecule has 0 fully saturated rings. The van der Waals surface area contributed by atoms with E-state index >= 15 is 0 Å². The molecule has 46 valence electrons. The topological polar surface area (TPSA) is 23.1 Å². The van der Waals surface area contributed by atoms with Crippen molar-refractivity contribution in [3.63, 3.8) is 0 Å². The molecule has 0 aromatic heterocycles. The number of rotatable bonds is 0.